The molecule has 0 aliphatic rings. The van der Waals surface area contributed by atoms with Crippen LogP contribution < -0.4 is 0 Å². The summed E-state index contributed by atoms with van der Waals surface area (Å²) < 4.78 is 1.30. The van der Waals surface area contributed by atoms with Crippen LogP contribution in [0.1, 0.15) is 24.4 Å². The summed E-state index contributed by atoms with van der Waals surface area (Å²) in [7, 11) is 0. The van der Waals surface area contributed by atoms with E-state index in [1.165, 1.54) is 11.6 Å². The van der Waals surface area contributed by atoms with Crippen molar-refractivity contribution in [2.45, 2.75) is 19.4 Å². The van der Waals surface area contributed by atoms with Crippen molar-refractivity contribution in [2.75, 3.05) is 0 Å². The molecule has 6 nitrogen and oxygen atoms in total. The third-order valence-electron chi connectivity index (χ3n) is 2.56. The molecule has 0 amide bonds. The average molecular weight is 267 g/mol. The van der Waals surface area contributed by atoms with Gasteiger partial charge in [0.05, 0.1) is 0 Å². The number of nitrogens with zero attached hydrogens (tertiary/aromatic N) is 4. The second-order valence-corrected chi connectivity index (χ2v) is 4.29. The monoisotopic (exact) mass is 266 g/mol. The van der Waals surface area contributed by atoms with Crippen LogP contribution in [0, 0.1) is 0 Å². The van der Waals surface area contributed by atoms with E-state index in [0.717, 1.165) is 5.56 Å². The summed E-state index contributed by atoms with van der Waals surface area (Å²) in [6.07, 6.45) is 0.460. The summed E-state index contributed by atoms with van der Waals surface area (Å²) in [5.41, 5.74) is 0.966. The van der Waals surface area contributed by atoms with Gasteiger partial charge in [0.2, 0.25) is 0 Å². The van der Waals surface area contributed by atoms with Crippen LogP contribution in [0.4, 0.5) is 0 Å². The molecule has 1 aromatic heterocycles. The average Bonchev–Trinajstić information content (AvgIpc) is 2.79. The molecule has 18 heavy (non-hydrogen) atoms. The molecule has 7 heteroatoms. The van der Waals surface area contributed by atoms with Crippen LogP contribution in [0.15, 0.2) is 24.3 Å². The second kappa shape index (κ2) is 5.14. The topological polar surface area (TPSA) is 80.9 Å². The molecule has 0 bridgehead atoms. The minimum absolute atomic E-state index is 0.460. The van der Waals surface area contributed by atoms with Gasteiger partial charge in [-0.2, -0.15) is 0 Å². The van der Waals surface area contributed by atoms with Crippen molar-refractivity contribution >= 4 is 17.6 Å². The lowest BCUT2D eigenvalue weighted by Gasteiger charge is -2.08. The highest BCUT2D eigenvalue weighted by atomic mass is 35.5. The van der Waals surface area contributed by atoms with Crippen molar-refractivity contribution in [1.82, 2.24) is 20.2 Å². The van der Waals surface area contributed by atoms with Gasteiger partial charge in [-0.25, -0.2) is 9.48 Å². The Hall–Kier alpha value is -1.95. The van der Waals surface area contributed by atoms with Gasteiger partial charge in [0, 0.05) is 11.4 Å². The number of tetrazole rings is 1. The maximum Gasteiger partial charge on any atom is 0.328 e. The lowest BCUT2D eigenvalue weighted by Crippen LogP contribution is -2.19. The zero-order valence-electron chi connectivity index (χ0n) is 9.62. The Labute approximate surface area is 108 Å². The molecule has 2 aromatic rings. The Morgan fingerprint density at radius 1 is 1.44 bits per heavy atom. The fourth-order valence-electron chi connectivity index (χ4n) is 1.52. The summed E-state index contributed by atoms with van der Waals surface area (Å²) in [5.74, 6) is -0.466. The largest absolute Gasteiger partial charge is 0.480 e. The normalized spacial score (nSPS) is 12.3. The fraction of sp³-hybridized carbons (Fsp3) is 0.273. The van der Waals surface area contributed by atoms with E-state index in [1.54, 1.807) is 12.1 Å². The van der Waals surface area contributed by atoms with E-state index in [1.807, 2.05) is 12.1 Å². The number of hydrogen-bond acceptors (Lipinski definition) is 4. The Morgan fingerprint density at radius 2 is 2.11 bits per heavy atom. The molecule has 0 aliphatic carbocycles. The van der Waals surface area contributed by atoms with Crippen LogP contribution >= 0.6 is 11.6 Å². The Balaban J connectivity index is 2.22. The molecule has 1 N–H and O–H groups in total. The van der Waals surface area contributed by atoms with E-state index in [-0.39, 0.29) is 0 Å². The minimum atomic E-state index is -0.973. The van der Waals surface area contributed by atoms with Gasteiger partial charge in [-0.15, -0.1) is 5.10 Å². The molecule has 1 unspecified atom stereocenters. The van der Waals surface area contributed by atoms with Crippen LogP contribution in [0.3, 0.4) is 0 Å². The first-order valence-corrected chi connectivity index (χ1v) is 5.69. The first-order valence-electron chi connectivity index (χ1n) is 5.32. The Kier molecular flexibility index (Phi) is 3.57. The van der Waals surface area contributed by atoms with E-state index in [9.17, 15) is 4.79 Å². The SMILES string of the molecule is CC(C(=O)O)n1nnnc1Cc1ccc(Cl)cc1. The molecule has 0 aliphatic heterocycles. The van der Waals surface area contributed by atoms with Gasteiger partial charge >= 0.3 is 5.97 Å². The first kappa shape index (κ1) is 12.5. The molecule has 94 valence electrons. The third-order valence-corrected chi connectivity index (χ3v) is 2.81. The van der Waals surface area contributed by atoms with Crippen LogP contribution in [-0.2, 0) is 11.2 Å². The molecule has 1 atom stereocenters. The van der Waals surface area contributed by atoms with Crippen molar-refractivity contribution in [2.24, 2.45) is 0 Å². The summed E-state index contributed by atoms with van der Waals surface area (Å²) in [6, 6.07) is 6.46. The van der Waals surface area contributed by atoms with Gasteiger partial charge < -0.3 is 5.11 Å². The van der Waals surface area contributed by atoms with E-state index in [2.05, 4.69) is 15.5 Å². The number of benzene rings is 1. The van der Waals surface area contributed by atoms with E-state index in [0.29, 0.717) is 17.3 Å². The van der Waals surface area contributed by atoms with Gasteiger partial charge in [-0.1, -0.05) is 23.7 Å². The molecule has 0 spiro atoms. The number of carboxylic acids is 1. The van der Waals surface area contributed by atoms with Crippen LogP contribution in [0.2, 0.25) is 5.02 Å². The highest BCUT2D eigenvalue weighted by Crippen LogP contribution is 2.14. The Bertz CT molecular complexity index is 552. The lowest BCUT2D eigenvalue weighted by atomic mass is 10.1. The molecular weight excluding hydrogens is 256 g/mol. The minimum Gasteiger partial charge on any atom is -0.480 e. The highest BCUT2D eigenvalue weighted by molar-refractivity contribution is 6.30. The van der Waals surface area contributed by atoms with E-state index >= 15 is 0 Å². The quantitative estimate of drug-likeness (QED) is 0.908. The number of rotatable bonds is 4. The van der Waals surface area contributed by atoms with Crippen LogP contribution in [0.25, 0.3) is 0 Å². The standard InChI is InChI=1S/C11H11ClN4O2/c1-7(11(17)18)16-10(13-14-15-16)6-8-2-4-9(12)5-3-8/h2-5,7H,6H2,1H3,(H,17,18). The number of carboxylic acid groups (broad SMARTS) is 1. The number of hydrogen-bond donors (Lipinski definition) is 1. The van der Waals surface area contributed by atoms with Crippen molar-refractivity contribution in [3.8, 4) is 0 Å². The van der Waals surface area contributed by atoms with E-state index < -0.39 is 12.0 Å². The smallest absolute Gasteiger partial charge is 0.328 e. The molecule has 0 radical (unpaired) electrons. The fourth-order valence-corrected chi connectivity index (χ4v) is 1.64. The van der Waals surface area contributed by atoms with Gasteiger partial charge in [-0.3, -0.25) is 0 Å². The second-order valence-electron chi connectivity index (χ2n) is 3.86. The van der Waals surface area contributed by atoms with E-state index in [4.69, 9.17) is 16.7 Å². The lowest BCUT2D eigenvalue weighted by molar-refractivity contribution is -0.140. The summed E-state index contributed by atoms with van der Waals surface area (Å²) >= 11 is 5.79. The molecule has 1 heterocycles. The van der Waals surface area contributed by atoms with Crippen LogP contribution in [0.5, 0.6) is 0 Å². The maximum absolute atomic E-state index is 10.9. The summed E-state index contributed by atoms with van der Waals surface area (Å²) in [6.45, 7) is 1.53. The molecule has 1 aromatic carbocycles. The predicted molar refractivity (Wildman–Crippen MR) is 64.4 cm³/mol. The van der Waals surface area contributed by atoms with Crippen molar-refractivity contribution in [3.05, 3.63) is 40.7 Å². The van der Waals surface area contributed by atoms with Gasteiger partial charge in [0.15, 0.2) is 5.82 Å². The first-order chi connectivity index (χ1) is 8.58. The highest BCUT2D eigenvalue weighted by Gasteiger charge is 2.19. The van der Waals surface area contributed by atoms with Gasteiger partial charge in [0.1, 0.15) is 6.04 Å². The van der Waals surface area contributed by atoms with Crippen molar-refractivity contribution in [3.63, 3.8) is 0 Å². The van der Waals surface area contributed by atoms with Crippen molar-refractivity contribution in [1.29, 1.82) is 0 Å². The molecule has 0 saturated heterocycles. The van der Waals surface area contributed by atoms with Crippen LogP contribution in [-0.4, -0.2) is 31.3 Å². The third kappa shape index (κ3) is 2.65. The van der Waals surface area contributed by atoms with Gasteiger partial charge in [0.25, 0.3) is 0 Å². The summed E-state index contributed by atoms with van der Waals surface area (Å²) in [4.78, 5) is 10.9. The zero-order valence-corrected chi connectivity index (χ0v) is 10.4. The molecule has 0 saturated carbocycles. The predicted octanol–water partition coefficient (Wildman–Crippen LogP) is 1.56. The van der Waals surface area contributed by atoms with Crippen molar-refractivity contribution < 1.29 is 9.90 Å². The zero-order chi connectivity index (χ0) is 13.1. The number of aliphatic carboxylic acids is 1. The number of halogens is 1. The Morgan fingerprint density at radius 3 is 2.72 bits per heavy atom. The number of aromatic nitrogens is 4. The molecule has 0 fully saturated rings. The van der Waals surface area contributed by atoms with Gasteiger partial charge in [-0.05, 0) is 35.0 Å². The molecule has 2 rings (SSSR count). The molecular formula is C11H11ClN4O2. The number of carbonyl (C=O) groups is 1. The summed E-state index contributed by atoms with van der Waals surface area (Å²) in [5, 5.41) is 20.7. The maximum atomic E-state index is 10.9.